The molecule has 3 nitrogen and oxygen atoms in total. The van der Waals surface area contributed by atoms with Crippen molar-refractivity contribution in [2.75, 3.05) is 7.11 Å². The van der Waals surface area contributed by atoms with E-state index >= 15 is 0 Å². The molecule has 0 radical (unpaired) electrons. The van der Waals surface area contributed by atoms with E-state index < -0.39 is 0 Å². The number of benzene rings is 3. The second-order valence-electron chi connectivity index (χ2n) is 6.17. The number of nitrogens with zero attached hydrogens (tertiary/aromatic N) is 2. The van der Waals surface area contributed by atoms with Crippen LogP contribution in [0.5, 0.6) is 5.75 Å². The van der Waals surface area contributed by atoms with Crippen molar-refractivity contribution in [1.82, 2.24) is 9.55 Å². The zero-order valence-electron chi connectivity index (χ0n) is 14.4. The van der Waals surface area contributed by atoms with Crippen molar-refractivity contribution >= 4 is 11.0 Å². The van der Waals surface area contributed by atoms with Gasteiger partial charge in [0, 0.05) is 12.1 Å². The summed E-state index contributed by atoms with van der Waals surface area (Å²) in [7, 11) is 1.69. The molecule has 0 N–H and O–H groups in total. The predicted molar refractivity (Wildman–Crippen MR) is 102 cm³/mol. The summed E-state index contributed by atoms with van der Waals surface area (Å²) in [5.74, 6) is 1.80. The number of hydrogen-bond acceptors (Lipinski definition) is 2. The Morgan fingerprint density at radius 2 is 1.72 bits per heavy atom. The summed E-state index contributed by atoms with van der Waals surface area (Å²) in [4.78, 5) is 4.89. The van der Waals surface area contributed by atoms with Gasteiger partial charge in [0.1, 0.15) is 11.6 Å². The van der Waals surface area contributed by atoms with Gasteiger partial charge in [-0.3, -0.25) is 0 Å². The largest absolute Gasteiger partial charge is 0.497 e. The Balaban J connectivity index is 1.90. The molecule has 0 saturated carbocycles. The molecular weight excluding hydrogens is 308 g/mol. The second-order valence-corrected chi connectivity index (χ2v) is 6.17. The molecule has 25 heavy (non-hydrogen) atoms. The molecule has 0 aliphatic rings. The lowest BCUT2D eigenvalue weighted by Crippen LogP contribution is -2.03. The van der Waals surface area contributed by atoms with Crippen LogP contribution < -0.4 is 4.74 Å². The fraction of sp³-hybridized carbons (Fsp3) is 0.136. The van der Waals surface area contributed by atoms with Gasteiger partial charge in [0.2, 0.25) is 0 Å². The van der Waals surface area contributed by atoms with Gasteiger partial charge in [0.25, 0.3) is 0 Å². The van der Waals surface area contributed by atoms with Crippen LogP contribution in [0.3, 0.4) is 0 Å². The Hall–Kier alpha value is -3.07. The van der Waals surface area contributed by atoms with Crippen molar-refractivity contribution in [2.45, 2.75) is 13.5 Å². The summed E-state index contributed by atoms with van der Waals surface area (Å²) in [5.41, 5.74) is 5.80. The van der Waals surface area contributed by atoms with E-state index in [0.717, 1.165) is 34.7 Å². The molecule has 0 fully saturated rings. The van der Waals surface area contributed by atoms with Gasteiger partial charge in [-0.25, -0.2) is 4.98 Å². The van der Waals surface area contributed by atoms with Crippen LogP contribution in [-0.4, -0.2) is 16.7 Å². The van der Waals surface area contributed by atoms with Crippen LogP contribution in [0.1, 0.15) is 11.1 Å². The third-order valence-electron chi connectivity index (χ3n) is 4.57. The molecule has 4 rings (SSSR count). The van der Waals surface area contributed by atoms with Gasteiger partial charge in [-0.2, -0.15) is 0 Å². The highest BCUT2D eigenvalue weighted by Crippen LogP contribution is 2.28. The van der Waals surface area contributed by atoms with Gasteiger partial charge in [-0.1, -0.05) is 48.5 Å². The van der Waals surface area contributed by atoms with Gasteiger partial charge in [-0.15, -0.1) is 0 Å². The Labute approximate surface area is 147 Å². The molecule has 124 valence electrons. The highest BCUT2D eigenvalue weighted by molar-refractivity contribution is 5.81. The van der Waals surface area contributed by atoms with Gasteiger partial charge < -0.3 is 9.30 Å². The van der Waals surface area contributed by atoms with Gasteiger partial charge in [0.05, 0.1) is 18.1 Å². The van der Waals surface area contributed by atoms with Crippen LogP contribution in [0.25, 0.3) is 22.4 Å². The molecule has 0 amide bonds. The Bertz CT molecular complexity index is 1030. The van der Waals surface area contributed by atoms with Crippen LogP contribution in [-0.2, 0) is 6.54 Å². The van der Waals surface area contributed by atoms with Gasteiger partial charge in [0.15, 0.2) is 0 Å². The minimum atomic E-state index is 0.791. The quantitative estimate of drug-likeness (QED) is 0.523. The first kappa shape index (κ1) is 15.5. The minimum Gasteiger partial charge on any atom is -0.497 e. The van der Waals surface area contributed by atoms with E-state index in [1.165, 1.54) is 11.1 Å². The average Bonchev–Trinajstić information content (AvgIpc) is 3.02. The summed E-state index contributed by atoms with van der Waals surface area (Å²) >= 11 is 0. The molecule has 0 aliphatic heterocycles. The summed E-state index contributed by atoms with van der Waals surface area (Å²) < 4.78 is 7.67. The molecule has 3 heteroatoms. The molecule has 0 unspecified atom stereocenters. The zero-order valence-corrected chi connectivity index (χ0v) is 14.4. The van der Waals surface area contributed by atoms with Crippen LogP contribution in [0.2, 0.25) is 0 Å². The molecular formula is C22H20N2O. The number of imidazole rings is 1. The third kappa shape index (κ3) is 2.89. The normalized spacial score (nSPS) is 11.0. The minimum absolute atomic E-state index is 0.791. The van der Waals surface area contributed by atoms with E-state index in [9.17, 15) is 0 Å². The molecule has 0 atom stereocenters. The molecule has 1 aromatic heterocycles. The van der Waals surface area contributed by atoms with Crippen molar-refractivity contribution in [1.29, 1.82) is 0 Å². The van der Waals surface area contributed by atoms with Crippen LogP contribution in [0.4, 0.5) is 0 Å². The standard InChI is InChI=1S/C22H20N2O/c1-16-8-3-4-9-18(16)15-24-21-13-6-5-12-20(21)23-22(24)17-10-7-11-19(14-17)25-2/h3-14H,15H2,1-2H3. The highest BCUT2D eigenvalue weighted by Gasteiger charge is 2.14. The summed E-state index contributed by atoms with van der Waals surface area (Å²) in [6, 6.07) is 24.9. The maximum atomic E-state index is 5.39. The Morgan fingerprint density at radius 1 is 0.920 bits per heavy atom. The van der Waals surface area contributed by atoms with Gasteiger partial charge >= 0.3 is 0 Å². The number of methoxy groups -OCH3 is 1. The fourth-order valence-electron chi connectivity index (χ4n) is 3.18. The summed E-state index contributed by atoms with van der Waals surface area (Å²) in [6.07, 6.45) is 0. The molecule has 0 saturated heterocycles. The number of aromatic nitrogens is 2. The zero-order chi connectivity index (χ0) is 17.2. The van der Waals surface area contributed by atoms with E-state index in [1.807, 2.05) is 24.3 Å². The SMILES string of the molecule is COc1cccc(-c2nc3ccccc3n2Cc2ccccc2C)c1. The Morgan fingerprint density at radius 3 is 2.56 bits per heavy atom. The summed E-state index contributed by atoms with van der Waals surface area (Å²) in [5, 5.41) is 0. The van der Waals surface area contributed by atoms with Crippen LogP contribution in [0.15, 0.2) is 72.8 Å². The fourth-order valence-corrected chi connectivity index (χ4v) is 3.18. The molecule has 0 aliphatic carbocycles. The topological polar surface area (TPSA) is 27.1 Å². The highest BCUT2D eigenvalue weighted by atomic mass is 16.5. The molecule has 0 bridgehead atoms. The first-order valence-electron chi connectivity index (χ1n) is 8.40. The maximum Gasteiger partial charge on any atom is 0.141 e. The van der Waals surface area contributed by atoms with E-state index in [2.05, 4.69) is 60.0 Å². The molecule has 1 heterocycles. The van der Waals surface area contributed by atoms with E-state index in [-0.39, 0.29) is 0 Å². The predicted octanol–water partition coefficient (Wildman–Crippen LogP) is 5.07. The molecule has 3 aromatic carbocycles. The Kier molecular flexibility index (Phi) is 3.98. The lowest BCUT2D eigenvalue weighted by Gasteiger charge is -2.12. The van der Waals surface area contributed by atoms with Gasteiger partial charge in [-0.05, 0) is 42.3 Å². The van der Waals surface area contributed by atoms with Crippen molar-refractivity contribution in [3.8, 4) is 17.1 Å². The average molecular weight is 328 g/mol. The molecule has 0 spiro atoms. The lowest BCUT2D eigenvalue weighted by molar-refractivity contribution is 0.415. The smallest absolute Gasteiger partial charge is 0.141 e. The summed E-state index contributed by atoms with van der Waals surface area (Å²) in [6.45, 7) is 2.94. The number of rotatable bonds is 4. The number of fused-ring (bicyclic) bond motifs is 1. The van der Waals surface area contributed by atoms with Crippen molar-refractivity contribution in [3.05, 3.63) is 83.9 Å². The van der Waals surface area contributed by atoms with Crippen molar-refractivity contribution in [3.63, 3.8) is 0 Å². The maximum absolute atomic E-state index is 5.39. The first-order valence-corrected chi connectivity index (χ1v) is 8.40. The molecule has 4 aromatic rings. The number of ether oxygens (including phenoxy) is 1. The monoisotopic (exact) mass is 328 g/mol. The number of aryl methyl sites for hydroxylation is 1. The van der Waals surface area contributed by atoms with E-state index in [4.69, 9.17) is 9.72 Å². The third-order valence-corrected chi connectivity index (χ3v) is 4.57. The van der Waals surface area contributed by atoms with Crippen molar-refractivity contribution in [2.24, 2.45) is 0 Å². The van der Waals surface area contributed by atoms with Crippen molar-refractivity contribution < 1.29 is 4.74 Å². The van der Waals surface area contributed by atoms with Crippen LogP contribution in [0, 0.1) is 6.92 Å². The van der Waals surface area contributed by atoms with E-state index in [1.54, 1.807) is 7.11 Å². The van der Waals surface area contributed by atoms with E-state index in [0.29, 0.717) is 0 Å². The lowest BCUT2D eigenvalue weighted by atomic mass is 10.1. The first-order chi connectivity index (χ1) is 12.3. The number of para-hydroxylation sites is 2. The number of hydrogen-bond donors (Lipinski definition) is 0. The second kappa shape index (κ2) is 6.44. The van der Waals surface area contributed by atoms with Crippen LogP contribution >= 0.6 is 0 Å².